The molecule has 0 saturated carbocycles. The van der Waals surface area contributed by atoms with Crippen molar-refractivity contribution in [3.63, 3.8) is 0 Å². The van der Waals surface area contributed by atoms with Crippen LogP contribution < -0.4 is 4.31 Å². The lowest BCUT2D eigenvalue weighted by molar-refractivity contribution is -0.145. The summed E-state index contributed by atoms with van der Waals surface area (Å²) in [6, 6.07) is 9.99. The number of anilines is 1. The lowest BCUT2D eigenvalue weighted by atomic mass is 10.3. The zero-order valence-electron chi connectivity index (χ0n) is 13.9. The van der Waals surface area contributed by atoms with Crippen LogP contribution >= 0.6 is 34.8 Å². The van der Waals surface area contributed by atoms with Crippen LogP contribution in [0.3, 0.4) is 0 Å². The second-order valence-corrected chi connectivity index (χ2v) is 8.72. The van der Waals surface area contributed by atoms with E-state index in [1.54, 1.807) is 13.8 Å². The Morgan fingerprint density at radius 1 is 1.04 bits per heavy atom. The summed E-state index contributed by atoms with van der Waals surface area (Å²) in [6.45, 7) is 2.86. The number of ether oxygens (including phenoxy) is 1. The van der Waals surface area contributed by atoms with Crippen LogP contribution in [0.25, 0.3) is 0 Å². The molecule has 0 aliphatic carbocycles. The molecule has 5 nitrogen and oxygen atoms in total. The third kappa shape index (κ3) is 5.04. The third-order valence-electron chi connectivity index (χ3n) is 3.23. The summed E-state index contributed by atoms with van der Waals surface area (Å²) in [5.41, 5.74) is 0.265. The topological polar surface area (TPSA) is 63.7 Å². The predicted molar refractivity (Wildman–Crippen MR) is 104 cm³/mol. The van der Waals surface area contributed by atoms with Crippen LogP contribution in [-0.4, -0.2) is 27.0 Å². The number of esters is 1. The van der Waals surface area contributed by atoms with Crippen LogP contribution in [0, 0.1) is 0 Å². The van der Waals surface area contributed by atoms with E-state index in [-0.39, 0.29) is 26.7 Å². The summed E-state index contributed by atoms with van der Waals surface area (Å²) < 4.78 is 32.2. The highest BCUT2D eigenvalue weighted by Gasteiger charge is 2.28. The fourth-order valence-electron chi connectivity index (χ4n) is 2.10. The molecule has 2 rings (SSSR count). The van der Waals surface area contributed by atoms with Crippen molar-refractivity contribution in [2.75, 3.05) is 10.8 Å². The summed E-state index contributed by atoms with van der Waals surface area (Å²) >= 11 is 17.7. The number of halogens is 3. The number of carbonyl (C=O) groups is 1. The molecule has 0 aliphatic heterocycles. The largest absolute Gasteiger partial charge is 0.462 e. The highest BCUT2D eigenvalue weighted by atomic mass is 35.5. The zero-order valence-corrected chi connectivity index (χ0v) is 17.0. The number of hydrogen-bond donors (Lipinski definition) is 0. The van der Waals surface area contributed by atoms with Crippen LogP contribution in [0.2, 0.25) is 15.1 Å². The highest BCUT2D eigenvalue weighted by Crippen LogP contribution is 2.29. The average Bonchev–Trinajstić information content (AvgIpc) is 2.55. The molecule has 0 aromatic heterocycles. The smallest absolute Gasteiger partial charge is 0.327 e. The third-order valence-corrected chi connectivity index (χ3v) is 5.99. The summed E-state index contributed by atoms with van der Waals surface area (Å²) in [5, 5.41) is 0.752. The minimum atomic E-state index is -4.09. The molecular formula is C17H16Cl3NO4S. The van der Waals surface area contributed by atoms with Gasteiger partial charge in [0.25, 0.3) is 10.0 Å². The quantitative estimate of drug-likeness (QED) is 0.611. The van der Waals surface area contributed by atoms with Gasteiger partial charge in [-0.05, 0) is 56.3 Å². The van der Waals surface area contributed by atoms with Gasteiger partial charge in [0.15, 0.2) is 0 Å². The van der Waals surface area contributed by atoms with E-state index >= 15 is 0 Å². The molecule has 0 atom stereocenters. The van der Waals surface area contributed by atoms with Gasteiger partial charge in [-0.25, -0.2) is 8.42 Å². The first-order valence-corrected chi connectivity index (χ1v) is 10.1. The van der Waals surface area contributed by atoms with E-state index in [1.807, 2.05) is 0 Å². The minimum Gasteiger partial charge on any atom is -0.462 e. The average molecular weight is 437 g/mol. The zero-order chi connectivity index (χ0) is 19.5. The minimum absolute atomic E-state index is 0.0913. The molecular weight excluding hydrogens is 421 g/mol. The number of hydrogen-bond acceptors (Lipinski definition) is 4. The lowest BCUT2D eigenvalue weighted by Gasteiger charge is -2.24. The van der Waals surface area contributed by atoms with E-state index in [4.69, 9.17) is 39.5 Å². The van der Waals surface area contributed by atoms with Crippen molar-refractivity contribution in [2.24, 2.45) is 0 Å². The van der Waals surface area contributed by atoms with Gasteiger partial charge in [-0.1, -0.05) is 34.8 Å². The van der Waals surface area contributed by atoms with Gasteiger partial charge in [0, 0.05) is 5.02 Å². The van der Waals surface area contributed by atoms with Crippen molar-refractivity contribution in [3.05, 3.63) is 57.5 Å². The van der Waals surface area contributed by atoms with Crippen molar-refractivity contribution < 1.29 is 17.9 Å². The molecule has 9 heteroatoms. The SMILES string of the molecule is CC(C)OC(=O)CN(c1ccc(Cl)cc1)S(=O)(=O)c1ccc(Cl)c(Cl)c1. The van der Waals surface area contributed by atoms with Crippen molar-refractivity contribution in [2.45, 2.75) is 24.8 Å². The molecule has 0 saturated heterocycles. The summed E-state index contributed by atoms with van der Waals surface area (Å²) in [4.78, 5) is 12.0. The first kappa shape index (κ1) is 20.8. The molecule has 0 aliphatic rings. The van der Waals surface area contributed by atoms with Crippen LogP contribution in [-0.2, 0) is 19.6 Å². The van der Waals surface area contributed by atoms with Crippen molar-refractivity contribution in [1.82, 2.24) is 0 Å². The lowest BCUT2D eigenvalue weighted by Crippen LogP contribution is -2.37. The maximum absolute atomic E-state index is 13.1. The molecule has 0 fully saturated rings. The number of benzene rings is 2. The molecule has 2 aromatic rings. The fourth-order valence-corrected chi connectivity index (χ4v) is 4.03. The molecule has 0 spiro atoms. The second-order valence-electron chi connectivity index (χ2n) is 5.60. The molecule has 0 radical (unpaired) electrons. The van der Waals surface area contributed by atoms with E-state index in [1.165, 1.54) is 42.5 Å². The van der Waals surface area contributed by atoms with E-state index in [2.05, 4.69) is 0 Å². The summed E-state index contributed by atoms with van der Waals surface area (Å²) in [7, 11) is -4.09. The normalized spacial score (nSPS) is 11.5. The number of rotatable bonds is 6. The van der Waals surface area contributed by atoms with Gasteiger partial charge < -0.3 is 4.74 Å². The molecule has 2 aromatic carbocycles. The Bertz CT molecular complexity index is 899. The van der Waals surface area contributed by atoms with E-state index in [9.17, 15) is 13.2 Å². The van der Waals surface area contributed by atoms with Gasteiger partial charge in [0.2, 0.25) is 0 Å². The van der Waals surface area contributed by atoms with Crippen molar-refractivity contribution in [3.8, 4) is 0 Å². The Morgan fingerprint density at radius 2 is 1.65 bits per heavy atom. The Balaban J connectivity index is 2.48. The molecule has 0 amide bonds. The highest BCUT2D eigenvalue weighted by molar-refractivity contribution is 7.92. The van der Waals surface area contributed by atoms with Gasteiger partial charge in [0.1, 0.15) is 6.54 Å². The van der Waals surface area contributed by atoms with E-state index in [0.29, 0.717) is 5.02 Å². The standard InChI is InChI=1S/C17H16Cl3NO4S/c1-11(2)25-17(22)10-21(13-5-3-12(18)4-6-13)26(23,24)14-7-8-15(19)16(20)9-14/h3-9,11H,10H2,1-2H3. The molecule has 140 valence electrons. The fraction of sp³-hybridized carbons (Fsp3) is 0.235. The van der Waals surface area contributed by atoms with Crippen molar-refractivity contribution >= 4 is 56.5 Å². The summed E-state index contributed by atoms with van der Waals surface area (Å²) in [6.07, 6.45) is -0.373. The Hall–Kier alpha value is -1.47. The van der Waals surface area contributed by atoms with Gasteiger partial charge in [-0.15, -0.1) is 0 Å². The molecule has 0 unspecified atom stereocenters. The molecule has 0 bridgehead atoms. The Kier molecular flexibility index (Phi) is 6.80. The van der Waals surface area contributed by atoms with Gasteiger partial charge in [-0.2, -0.15) is 0 Å². The number of carbonyl (C=O) groups excluding carboxylic acids is 1. The van der Waals surface area contributed by atoms with Crippen molar-refractivity contribution in [1.29, 1.82) is 0 Å². The van der Waals surface area contributed by atoms with Crippen LogP contribution in [0.5, 0.6) is 0 Å². The summed E-state index contributed by atoms with van der Waals surface area (Å²) in [5.74, 6) is -0.682. The first-order chi connectivity index (χ1) is 12.1. The molecule has 0 heterocycles. The predicted octanol–water partition coefficient (Wildman–Crippen LogP) is 4.79. The Labute approximate surface area is 167 Å². The molecule has 26 heavy (non-hydrogen) atoms. The number of sulfonamides is 1. The maximum Gasteiger partial charge on any atom is 0.327 e. The van der Waals surface area contributed by atoms with Crippen LogP contribution in [0.15, 0.2) is 47.4 Å². The van der Waals surface area contributed by atoms with Gasteiger partial charge >= 0.3 is 5.97 Å². The second kappa shape index (κ2) is 8.48. The van der Waals surface area contributed by atoms with Crippen LogP contribution in [0.4, 0.5) is 5.69 Å². The Morgan fingerprint density at radius 3 is 2.19 bits per heavy atom. The van der Waals surface area contributed by atoms with E-state index in [0.717, 1.165) is 4.31 Å². The van der Waals surface area contributed by atoms with E-state index < -0.39 is 22.5 Å². The first-order valence-electron chi connectivity index (χ1n) is 7.54. The number of nitrogens with zero attached hydrogens (tertiary/aromatic N) is 1. The maximum atomic E-state index is 13.1. The van der Waals surface area contributed by atoms with Gasteiger partial charge in [-0.3, -0.25) is 9.10 Å². The van der Waals surface area contributed by atoms with Crippen LogP contribution in [0.1, 0.15) is 13.8 Å². The monoisotopic (exact) mass is 435 g/mol. The molecule has 0 N–H and O–H groups in total. The van der Waals surface area contributed by atoms with Gasteiger partial charge in [0.05, 0.1) is 26.7 Å².